The molecule has 0 fully saturated rings. The van der Waals surface area contributed by atoms with Gasteiger partial charge in [0.15, 0.2) is 0 Å². The molecule has 0 saturated carbocycles. The summed E-state index contributed by atoms with van der Waals surface area (Å²) in [5.41, 5.74) is 5.34. The number of anilines is 1. The second-order valence-corrected chi connectivity index (χ2v) is 6.81. The zero-order valence-electron chi connectivity index (χ0n) is 10.1. The van der Waals surface area contributed by atoms with Crippen LogP contribution in [0.2, 0.25) is 0 Å². The molecule has 0 amide bonds. The fourth-order valence-electron chi connectivity index (χ4n) is 1.12. The van der Waals surface area contributed by atoms with Gasteiger partial charge in [0.1, 0.15) is 10.7 Å². The van der Waals surface area contributed by atoms with Gasteiger partial charge < -0.3 is 5.73 Å². The molecule has 0 aliphatic heterocycles. The van der Waals surface area contributed by atoms with Crippen LogP contribution in [0.5, 0.6) is 0 Å². The standard InChI is InChI=1S/C11H17FN2O2S/c1-11(2,3)7-14-17(15,16)10-5-4-8(13)6-9(10)12/h4-6,14H,7,13H2,1-3H3. The van der Waals surface area contributed by atoms with Crippen LogP contribution >= 0.6 is 0 Å². The number of hydrogen-bond acceptors (Lipinski definition) is 3. The van der Waals surface area contributed by atoms with E-state index in [2.05, 4.69) is 4.72 Å². The molecule has 17 heavy (non-hydrogen) atoms. The molecule has 3 N–H and O–H groups in total. The van der Waals surface area contributed by atoms with Gasteiger partial charge in [-0.05, 0) is 23.6 Å². The molecule has 0 aliphatic carbocycles. The summed E-state index contributed by atoms with van der Waals surface area (Å²) in [6.45, 7) is 5.89. The monoisotopic (exact) mass is 260 g/mol. The lowest BCUT2D eigenvalue weighted by atomic mass is 9.98. The summed E-state index contributed by atoms with van der Waals surface area (Å²) in [4.78, 5) is -0.379. The molecule has 0 saturated heterocycles. The Hall–Kier alpha value is -1.14. The highest BCUT2D eigenvalue weighted by Crippen LogP contribution is 2.18. The smallest absolute Gasteiger partial charge is 0.243 e. The number of nitrogens with two attached hydrogens (primary N) is 1. The SMILES string of the molecule is CC(C)(C)CNS(=O)(=O)c1ccc(N)cc1F. The average molecular weight is 260 g/mol. The van der Waals surface area contributed by atoms with Crippen molar-refractivity contribution in [1.29, 1.82) is 0 Å². The molecule has 1 aromatic rings. The van der Waals surface area contributed by atoms with E-state index in [1.807, 2.05) is 20.8 Å². The van der Waals surface area contributed by atoms with Gasteiger partial charge in [-0.1, -0.05) is 20.8 Å². The third-order valence-electron chi connectivity index (χ3n) is 2.04. The van der Waals surface area contributed by atoms with Crippen LogP contribution in [0.25, 0.3) is 0 Å². The Morgan fingerprint density at radius 1 is 1.35 bits per heavy atom. The Balaban J connectivity index is 2.98. The largest absolute Gasteiger partial charge is 0.399 e. The van der Waals surface area contributed by atoms with E-state index in [0.29, 0.717) is 0 Å². The van der Waals surface area contributed by atoms with Gasteiger partial charge in [-0.2, -0.15) is 0 Å². The Morgan fingerprint density at radius 2 is 1.94 bits per heavy atom. The number of benzene rings is 1. The predicted molar refractivity (Wildman–Crippen MR) is 65.5 cm³/mol. The fourth-order valence-corrected chi connectivity index (χ4v) is 2.47. The summed E-state index contributed by atoms with van der Waals surface area (Å²) < 4.78 is 39.5. The first-order chi connectivity index (χ1) is 7.62. The highest BCUT2D eigenvalue weighted by Gasteiger charge is 2.21. The molecule has 0 heterocycles. The van der Waals surface area contributed by atoms with E-state index in [4.69, 9.17) is 5.73 Å². The van der Waals surface area contributed by atoms with Crippen molar-refractivity contribution in [3.05, 3.63) is 24.0 Å². The van der Waals surface area contributed by atoms with Crippen molar-refractivity contribution in [3.8, 4) is 0 Å². The minimum atomic E-state index is -3.82. The first kappa shape index (κ1) is 13.9. The van der Waals surface area contributed by atoms with Crippen molar-refractivity contribution in [2.45, 2.75) is 25.7 Å². The molecule has 1 rings (SSSR count). The molecule has 0 radical (unpaired) electrons. The Bertz CT molecular complexity index is 507. The summed E-state index contributed by atoms with van der Waals surface area (Å²) in [5, 5.41) is 0. The highest BCUT2D eigenvalue weighted by molar-refractivity contribution is 7.89. The van der Waals surface area contributed by atoms with Gasteiger partial charge in [-0.15, -0.1) is 0 Å². The van der Waals surface area contributed by atoms with E-state index in [1.54, 1.807) is 0 Å². The molecule has 0 bridgehead atoms. The van der Waals surface area contributed by atoms with Gasteiger partial charge in [-0.3, -0.25) is 0 Å². The molecule has 0 aromatic heterocycles. The normalized spacial score (nSPS) is 12.7. The second-order valence-electron chi connectivity index (χ2n) is 5.08. The van der Waals surface area contributed by atoms with Crippen LogP contribution in [-0.2, 0) is 10.0 Å². The van der Waals surface area contributed by atoms with Crippen LogP contribution in [0.1, 0.15) is 20.8 Å². The molecule has 0 unspecified atom stereocenters. The van der Waals surface area contributed by atoms with Crippen molar-refractivity contribution in [1.82, 2.24) is 4.72 Å². The van der Waals surface area contributed by atoms with Gasteiger partial charge in [0.2, 0.25) is 10.0 Å². The molecule has 6 heteroatoms. The summed E-state index contributed by atoms with van der Waals surface area (Å²) in [6.07, 6.45) is 0. The van der Waals surface area contributed by atoms with E-state index < -0.39 is 15.8 Å². The summed E-state index contributed by atoms with van der Waals surface area (Å²) >= 11 is 0. The average Bonchev–Trinajstić information content (AvgIpc) is 2.13. The Morgan fingerprint density at radius 3 is 2.41 bits per heavy atom. The van der Waals surface area contributed by atoms with Gasteiger partial charge >= 0.3 is 0 Å². The molecule has 1 aromatic carbocycles. The Labute approximate surface area is 101 Å². The number of rotatable bonds is 3. The number of hydrogen-bond donors (Lipinski definition) is 2. The third kappa shape index (κ3) is 3.98. The van der Waals surface area contributed by atoms with Crippen molar-refractivity contribution in [3.63, 3.8) is 0 Å². The maximum atomic E-state index is 13.5. The molecule has 0 aliphatic rings. The van der Waals surface area contributed by atoms with E-state index in [-0.39, 0.29) is 22.5 Å². The van der Waals surface area contributed by atoms with E-state index in [1.165, 1.54) is 6.07 Å². The van der Waals surface area contributed by atoms with Crippen LogP contribution < -0.4 is 10.5 Å². The van der Waals surface area contributed by atoms with Crippen LogP contribution in [0.4, 0.5) is 10.1 Å². The van der Waals surface area contributed by atoms with Crippen LogP contribution in [-0.4, -0.2) is 15.0 Å². The molecular weight excluding hydrogens is 243 g/mol. The van der Waals surface area contributed by atoms with E-state index in [9.17, 15) is 12.8 Å². The van der Waals surface area contributed by atoms with Crippen LogP contribution in [0.3, 0.4) is 0 Å². The predicted octanol–water partition coefficient (Wildman–Crippen LogP) is 1.73. The lowest BCUT2D eigenvalue weighted by Crippen LogP contribution is -2.32. The molecule has 0 atom stereocenters. The van der Waals surface area contributed by atoms with Crippen molar-refractivity contribution >= 4 is 15.7 Å². The lowest BCUT2D eigenvalue weighted by molar-refractivity contribution is 0.407. The molecular formula is C11H17FN2O2S. The zero-order valence-corrected chi connectivity index (χ0v) is 10.9. The first-order valence-corrected chi connectivity index (χ1v) is 6.65. The van der Waals surface area contributed by atoms with Crippen molar-refractivity contribution < 1.29 is 12.8 Å². The zero-order chi connectivity index (χ0) is 13.3. The highest BCUT2D eigenvalue weighted by atomic mass is 32.2. The van der Waals surface area contributed by atoms with Gasteiger partial charge in [0.25, 0.3) is 0 Å². The van der Waals surface area contributed by atoms with Gasteiger partial charge in [-0.25, -0.2) is 17.5 Å². The summed E-state index contributed by atoms with van der Waals surface area (Å²) in [6, 6.07) is 3.51. The van der Waals surface area contributed by atoms with Gasteiger partial charge in [0.05, 0.1) is 0 Å². The number of halogens is 1. The Kier molecular flexibility index (Phi) is 3.78. The molecule has 0 spiro atoms. The minimum absolute atomic E-state index is 0.192. The van der Waals surface area contributed by atoms with Crippen molar-refractivity contribution in [2.75, 3.05) is 12.3 Å². The summed E-state index contributed by atoms with van der Waals surface area (Å²) in [7, 11) is -3.82. The fraction of sp³-hybridized carbons (Fsp3) is 0.455. The lowest BCUT2D eigenvalue weighted by Gasteiger charge is -2.18. The second kappa shape index (κ2) is 4.62. The topological polar surface area (TPSA) is 72.2 Å². The van der Waals surface area contributed by atoms with Crippen LogP contribution in [0, 0.1) is 11.2 Å². The minimum Gasteiger partial charge on any atom is -0.399 e. The van der Waals surface area contributed by atoms with Crippen molar-refractivity contribution in [2.24, 2.45) is 5.41 Å². The number of nitrogens with one attached hydrogen (secondary N) is 1. The quantitative estimate of drug-likeness (QED) is 0.813. The maximum Gasteiger partial charge on any atom is 0.243 e. The first-order valence-electron chi connectivity index (χ1n) is 5.16. The van der Waals surface area contributed by atoms with Gasteiger partial charge in [0, 0.05) is 12.2 Å². The molecule has 4 nitrogen and oxygen atoms in total. The van der Waals surface area contributed by atoms with E-state index >= 15 is 0 Å². The maximum absolute atomic E-state index is 13.5. The third-order valence-corrected chi connectivity index (χ3v) is 3.47. The summed E-state index contributed by atoms with van der Waals surface area (Å²) in [5.74, 6) is -0.841. The number of sulfonamides is 1. The van der Waals surface area contributed by atoms with E-state index in [0.717, 1.165) is 12.1 Å². The number of nitrogen functional groups attached to an aromatic ring is 1. The van der Waals surface area contributed by atoms with Crippen LogP contribution in [0.15, 0.2) is 23.1 Å². The molecule has 96 valence electrons.